The summed E-state index contributed by atoms with van der Waals surface area (Å²) in [7, 11) is 0. The first-order valence-electron chi connectivity index (χ1n) is 5.42. The Bertz CT molecular complexity index is 401. The lowest BCUT2D eigenvalue weighted by atomic mass is 10.1. The van der Waals surface area contributed by atoms with Crippen molar-refractivity contribution in [2.24, 2.45) is 0 Å². The van der Waals surface area contributed by atoms with Crippen molar-refractivity contribution in [1.29, 1.82) is 0 Å². The van der Waals surface area contributed by atoms with Crippen LogP contribution in [0.4, 0.5) is 10.5 Å². The smallest absolute Gasteiger partial charge is 0.325 e. The highest BCUT2D eigenvalue weighted by Crippen LogP contribution is 2.09. The van der Waals surface area contributed by atoms with Crippen LogP contribution in [0.25, 0.3) is 0 Å². The molecule has 1 rings (SSSR count). The molecule has 0 aromatic heterocycles. The summed E-state index contributed by atoms with van der Waals surface area (Å²) in [5.74, 6) is -1.07. The summed E-state index contributed by atoms with van der Waals surface area (Å²) in [6.45, 7) is 3.45. The van der Waals surface area contributed by atoms with Crippen molar-refractivity contribution < 1.29 is 14.7 Å². The Hall–Kier alpha value is -2.04. The molecule has 1 atom stereocenters. The summed E-state index contributed by atoms with van der Waals surface area (Å²) in [6, 6.07) is 5.95. The number of carbonyl (C=O) groups is 2. The minimum Gasteiger partial charge on any atom is -0.480 e. The van der Waals surface area contributed by atoms with Crippen LogP contribution in [-0.4, -0.2) is 23.1 Å². The molecule has 2 amide bonds. The molecular formula is C12H16N2O3. The van der Waals surface area contributed by atoms with Crippen LogP contribution in [-0.2, 0) is 11.2 Å². The molecule has 0 aliphatic carbocycles. The minimum atomic E-state index is -1.07. The second-order valence-electron chi connectivity index (χ2n) is 3.71. The first-order valence-corrected chi connectivity index (χ1v) is 5.42. The number of nitrogens with one attached hydrogen (secondary N) is 2. The molecule has 3 N–H and O–H groups in total. The zero-order valence-corrected chi connectivity index (χ0v) is 9.86. The summed E-state index contributed by atoms with van der Waals surface area (Å²) in [5, 5.41) is 13.5. The van der Waals surface area contributed by atoms with Gasteiger partial charge in [-0.25, -0.2) is 4.79 Å². The predicted molar refractivity (Wildman–Crippen MR) is 65.1 cm³/mol. The van der Waals surface area contributed by atoms with Crippen molar-refractivity contribution in [1.82, 2.24) is 5.32 Å². The lowest BCUT2D eigenvalue weighted by molar-refractivity contribution is -0.138. The van der Waals surface area contributed by atoms with Gasteiger partial charge in [0, 0.05) is 5.69 Å². The molecule has 1 aromatic carbocycles. The number of carbonyl (C=O) groups excluding carboxylic acids is 1. The molecule has 92 valence electrons. The maximum atomic E-state index is 11.4. The quantitative estimate of drug-likeness (QED) is 0.746. The molecule has 0 bridgehead atoms. The summed E-state index contributed by atoms with van der Waals surface area (Å²) in [6.07, 6.45) is 0.933. The van der Waals surface area contributed by atoms with E-state index < -0.39 is 18.0 Å². The molecule has 17 heavy (non-hydrogen) atoms. The summed E-state index contributed by atoms with van der Waals surface area (Å²) >= 11 is 0. The highest BCUT2D eigenvalue weighted by Gasteiger charge is 2.13. The minimum absolute atomic E-state index is 0.524. The largest absolute Gasteiger partial charge is 0.480 e. The second kappa shape index (κ2) is 5.89. The lowest BCUT2D eigenvalue weighted by Gasteiger charge is -2.10. The van der Waals surface area contributed by atoms with E-state index in [9.17, 15) is 9.59 Å². The number of carboxylic acid groups (broad SMARTS) is 1. The van der Waals surface area contributed by atoms with Crippen LogP contribution >= 0.6 is 0 Å². The topological polar surface area (TPSA) is 78.4 Å². The predicted octanol–water partition coefficient (Wildman–Crippen LogP) is 1.84. The lowest BCUT2D eigenvalue weighted by Crippen LogP contribution is -2.40. The maximum Gasteiger partial charge on any atom is 0.325 e. The number of amides is 2. The molecule has 5 nitrogen and oxygen atoms in total. The third-order valence-electron chi connectivity index (χ3n) is 2.34. The van der Waals surface area contributed by atoms with E-state index in [2.05, 4.69) is 10.6 Å². The van der Waals surface area contributed by atoms with Crippen LogP contribution in [0.3, 0.4) is 0 Å². The molecule has 0 saturated heterocycles. The van der Waals surface area contributed by atoms with Gasteiger partial charge in [0.1, 0.15) is 6.04 Å². The van der Waals surface area contributed by atoms with Gasteiger partial charge >= 0.3 is 12.0 Å². The standard InChI is InChI=1S/C12H16N2O3/c1-3-9-4-6-10(7-5-9)14-12(17)13-8(2)11(15)16/h4-8H,3H2,1-2H3,(H,15,16)(H2,13,14,17)/t8-/m0/s1. The fourth-order valence-corrected chi connectivity index (χ4v) is 1.25. The van der Waals surface area contributed by atoms with Crippen molar-refractivity contribution in [3.8, 4) is 0 Å². The van der Waals surface area contributed by atoms with Crippen LogP contribution in [0.1, 0.15) is 19.4 Å². The molecule has 0 aliphatic rings. The summed E-state index contributed by atoms with van der Waals surface area (Å²) in [4.78, 5) is 21.9. The molecule has 1 aromatic rings. The van der Waals surface area contributed by atoms with E-state index in [1.807, 2.05) is 19.1 Å². The van der Waals surface area contributed by atoms with Crippen molar-refractivity contribution in [2.45, 2.75) is 26.3 Å². The molecule has 0 radical (unpaired) electrons. The van der Waals surface area contributed by atoms with Crippen LogP contribution in [0.2, 0.25) is 0 Å². The van der Waals surface area contributed by atoms with Gasteiger partial charge in [0.2, 0.25) is 0 Å². The van der Waals surface area contributed by atoms with E-state index in [-0.39, 0.29) is 0 Å². The fourth-order valence-electron chi connectivity index (χ4n) is 1.25. The normalized spacial score (nSPS) is 11.6. The number of rotatable bonds is 4. The average molecular weight is 236 g/mol. The highest BCUT2D eigenvalue weighted by atomic mass is 16.4. The van der Waals surface area contributed by atoms with E-state index in [0.29, 0.717) is 5.69 Å². The van der Waals surface area contributed by atoms with Gasteiger partial charge in [0.05, 0.1) is 0 Å². The van der Waals surface area contributed by atoms with Gasteiger partial charge in [-0.1, -0.05) is 19.1 Å². The molecular weight excluding hydrogens is 220 g/mol. The van der Waals surface area contributed by atoms with E-state index in [1.165, 1.54) is 12.5 Å². The number of aryl methyl sites for hydroxylation is 1. The molecule has 0 saturated carbocycles. The van der Waals surface area contributed by atoms with Gasteiger partial charge in [-0.3, -0.25) is 4.79 Å². The Morgan fingerprint density at radius 3 is 2.35 bits per heavy atom. The Balaban J connectivity index is 2.53. The Morgan fingerprint density at radius 1 is 1.29 bits per heavy atom. The molecule has 0 fully saturated rings. The first kappa shape index (κ1) is 13.0. The van der Waals surface area contributed by atoms with Gasteiger partial charge in [-0.15, -0.1) is 0 Å². The number of hydrogen-bond donors (Lipinski definition) is 3. The van der Waals surface area contributed by atoms with E-state index in [0.717, 1.165) is 6.42 Å². The molecule has 0 heterocycles. The van der Waals surface area contributed by atoms with Crippen molar-refractivity contribution >= 4 is 17.7 Å². The van der Waals surface area contributed by atoms with Crippen molar-refractivity contribution in [2.75, 3.05) is 5.32 Å². The number of aliphatic carboxylic acids is 1. The number of carboxylic acids is 1. The average Bonchev–Trinajstić information content (AvgIpc) is 2.29. The Morgan fingerprint density at radius 2 is 1.88 bits per heavy atom. The third-order valence-corrected chi connectivity index (χ3v) is 2.34. The van der Waals surface area contributed by atoms with Gasteiger partial charge < -0.3 is 15.7 Å². The van der Waals surface area contributed by atoms with Gasteiger partial charge in [-0.2, -0.15) is 0 Å². The maximum absolute atomic E-state index is 11.4. The Labute approximate surface area is 99.8 Å². The van der Waals surface area contributed by atoms with Crippen molar-refractivity contribution in [3.63, 3.8) is 0 Å². The summed E-state index contributed by atoms with van der Waals surface area (Å²) in [5.41, 5.74) is 1.81. The number of anilines is 1. The van der Waals surface area contributed by atoms with Gasteiger partial charge in [0.25, 0.3) is 0 Å². The van der Waals surface area contributed by atoms with Crippen molar-refractivity contribution in [3.05, 3.63) is 29.8 Å². The van der Waals surface area contributed by atoms with E-state index in [4.69, 9.17) is 5.11 Å². The molecule has 5 heteroatoms. The number of urea groups is 1. The van der Waals surface area contributed by atoms with E-state index >= 15 is 0 Å². The molecule has 0 unspecified atom stereocenters. The van der Waals surface area contributed by atoms with Crippen LogP contribution in [0, 0.1) is 0 Å². The second-order valence-corrected chi connectivity index (χ2v) is 3.71. The fraction of sp³-hybridized carbons (Fsp3) is 0.333. The van der Waals surface area contributed by atoms with E-state index in [1.54, 1.807) is 12.1 Å². The zero-order valence-electron chi connectivity index (χ0n) is 9.86. The van der Waals surface area contributed by atoms with Gasteiger partial charge in [0.15, 0.2) is 0 Å². The number of hydrogen-bond acceptors (Lipinski definition) is 2. The molecule has 0 spiro atoms. The number of benzene rings is 1. The van der Waals surface area contributed by atoms with Crippen LogP contribution < -0.4 is 10.6 Å². The first-order chi connectivity index (χ1) is 8.02. The Kier molecular flexibility index (Phi) is 4.51. The van der Waals surface area contributed by atoms with Crippen LogP contribution in [0.15, 0.2) is 24.3 Å². The zero-order chi connectivity index (χ0) is 12.8. The van der Waals surface area contributed by atoms with Crippen LogP contribution in [0.5, 0.6) is 0 Å². The summed E-state index contributed by atoms with van der Waals surface area (Å²) < 4.78 is 0. The van der Waals surface area contributed by atoms with Gasteiger partial charge in [-0.05, 0) is 31.0 Å². The monoisotopic (exact) mass is 236 g/mol. The third kappa shape index (κ3) is 4.14. The molecule has 0 aliphatic heterocycles. The highest BCUT2D eigenvalue weighted by molar-refractivity contribution is 5.92. The SMILES string of the molecule is CCc1ccc(NC(=O)N[C@@H](C)C(=O)O)cc1.